The van der Waals surface area contributed by atoms with Crippen LogP contribution in [-0.4, -0.2) is 22.6 Å². The first-order valence-corrected chi connectivity index (χ1v) is 8.41. The monoisotopic (exact) mass is 327 g/mol. The Bertz CT molecular complexity index is 738. The SMILES string of the molecule is O=C(CCc1nc(-c2ccsc2)no1)NCCc1ccccc1. The molecule has 1 aromatic carbocycles. The van der Waals surface area contributed by atoms with Gasteiger partial charge in [0.15, 0.2) is 0 Å². The molecule has 0 unspecified atom stereocenters. The highest BCUT2D eigenvalue weighted by Gasteiger charge is 2.10. The summed E-state index contributed by atoms with van der Waals surface area (Å²) in [5.41, 5.74) is 2.16. The maximum atomic E-state index is 11.8. The fourth-order valence-electron chi connectivity index (χ4n) is 2.17. The van der Waals surface area contributed by atoms with Gasteiger partial charge in [0.05, 0.1) is 0 Å². The van der Waals surface area contributed by atoms with Crippen molar-refractivity contribution >= 4 is 17.2 Å². The standard InChI is InChI=1S/C17H17N3O2S/c21-15(18-10-8-13-4-2-1-3-5-13)6-7-16-19-17(20-22-16)14-9-11-23-12-14/h1-5,9,11-12H,6-8,10H2,(H,18,21). The predicted molar refractivity (Wildman–Crippen MR) is 89.1 cm³/mol. The van der Waals surface area contributed by atoms with E-state index in [1.807, 2.05) is 35.0 Å². The first-order valence-electron chi connectivity index (χ1n) is 7.47. The summed E-state index contributed by atoms with van der Waals surface area (Å²) in [6.45, 7) is 0.632. The Morgan fingerprint density at radius 3 is 2.83 bits per heavy atom. The van der Waals surface area contributed by atoms with Crippen LogP contribution in [0.5, 0.6) is 0 Å². The number of hydrogen-bond donors (Lipinski definition) is 1. The molecule has 2 aromatic heterocycles. The first kappa shape index (κ1) is 15.4. The molecule has 0 radical (unpaired) electrons. The number of benzene rings is 1. The maximum absolute atomic E-state index is 11.8. The summed E-state index contributed by atoms with van der Waals surface area (Å²) in [7, 11) is 0. The van der Waals surface area contributed by atoms with Crippen molar-refractivity contribution in [3.05, 3.63) is 58.6 Å². The van der Waals surface area contributed by atoms with Gasteiger partial charge in [-0.3, -0.25) is 4.79 Å². The van der Waals surface area contributed by atoms with Crippen LogP contribution in [0.25, 0.3) is 11.4 Å². The van der Waals surface area contributed by atoms with Crippen molar-refractivity contribution in [2.75, 3.05) is 6.54 Å². The Hall–Kier alpha value is -2.47. The Morgan fingerprint density at radius 2 is 2.04 bits per heavy atom. The quantitative estimate of drug-likeness (QED) is 0.724. The van der Waals surface area contributed by atoms with Crippen molar-refractivity contribution in [2.24, 2.45) is 0 Å². The molecule has 1 amide bonds. The summed E-state index contributed by atoms with van der Waals surface area (Å²) in [4.78, 5) is 16.1. The number of nitrogens with one attached hydrogen (secondary N) is 1. The Kier molecular flexibility index (Phi) is 5.16. The summed E-state index contributed by atoms with van der Waals surface area (Å²) < 4.78 is 5.18. The number of aromatic nitrogens is 2. The molecule has 1 N–H and O–H groups in total. The second-order valence-corrected chi connectivity index (χ2v) is 5.89. The predicted octanol–water partition coefficient (Wildman–Crippen LogP) is 3.09. The van der Waals surface area contributed by atoms with Crippen molar-refractivity contribution in [3.63, 3.8) is 0 Å². The second-order valence-electron chi connectivity index (χ2n) is 5.11. The largest absolute Gasteiger partial charge is 0.356 e. The van der Waals surface area contributed by atoms with Gasteiger partial charge >= 0.3 is 0 Å². The van der Waals surface area contributed by atoms with Crippen LogP contribution in [-0.2, 0) is 17.6 Å². The lowest BCUT2D eigenvalue weighted by Gasteiger charge is -2.04. The Balaban J connectivity index is 1.41. The molecule has 6 heteroatoms. The molecular formula is C17H17N3O2S. The van der Waals surface area contributed by atoms with Gasteiger partial charge in [-0.2, -0.15) is 16.3 Å². The van der Waals surface area contributed by atoms with E-state index in [4.69, 9.17) is 4.52 Å². The van der Waals surface area contributed by atoms with Gasteiger partial charge in [0.2, 0.25) is 17.6 Å². The highest BCUT2D eigenvalue weighted by Crippen LogP contribution is 2.18. The van der Waals surface area contributed by atoms with Crippen molar-refractivity contribution in [1.29, 1.82) is 0 Å². The van der Waals surface area contributed by atoms with Gasteiger partial charge in [-0.1, -0.05) is 35.5 Å². The molecule has 0 atom stereocenters. The van der Waals surface area contributed by atoms with Crippen molar-refractivity contribution in [3.8, 4) is 11.4 Å². The molecular weight excluding hydrogens is 310 g/mol. The molecule has 3 rings (SSSR count). The van der Waals surface area contributed by atoms with E-state index < -0.39 is 0 Å². The third kappa shape index (κ3) is 4.50. The van der Waals surface area contributed by atoms with E-state index in [9.17, 15) is 4.79 Å². The van der Waals surface area contributed by atoms with Crippen LogP contribution in [0.1, 0.15) is 17.9 Å². The smallest absolute Gasteiger partial charge is 0.227 e. The molecule has 0 aliphatic heterocycles. The third-order valence-electron chi connectivity index (χ3n) is 3.39. The van der Waals surface area contributed by atoms with Crippen molar-refractivity contribution in [1.82, 2.24) is 15.5 Å². The van der Waals surface area contributed by atoms with Gasteiger partial charge in [-0.05, 0) is 23.4 Å². The van der Waals surface area contributed by atoms with E-state index in [1.165, 1.54) is 5.56 Å². The molecule has 0 saturated heterocycles. The zero-order valence-corrected chi connectivity index (χ0v) is 13.4. The van der Waals surface area contributed by atoms with Gasteiger partial charge in [-0.25, -0.2) is 0 Å². The molecule has 0 bridgehead atoms. The second kappa shape index (κ2) is 7.69. The summed E-state index contributed by atoms with van der Waals surface area (Å²) in [5, 5.41) is 10.8. The van der Waals surface area contributed by atoms with Gasteiger partial charge in [-0.15, -0.1) is 0 Å². The average Bonchev–Trinajstić information content (AvgIpc) is 3.25. The number of carbonyl (C=O) groups is 1. The highest BCUT2D eigenvalue weighted by molar-refractivity contribution is 7.08. The van der Waals surface area contributed by atoms with E-state index in [2.05, 4.69) is 27.6 Å². The van der Waals surface area contributed by atoms with Crippen LogP contribution in [0.2, 0.25) is 0 Å². The van der Waals surface area contributed by atoms with Crippen LogP contribution in [0.4, 0.5) is 0 Å². The summed E-state index contributed by atoms with van der Waals surface area (Å²) in [5.74, 6) is 1.06. The molecule has 23 heavy (non-hydrogen) atoms. The lowest BCUT2D eigenvalue weighted by atomic mass is 10.1. The first-order chi connectivity index (χ1) is 11.3. The zero-order valence-electron chi connectivity index (χ0n) is 12.6. The molecule has 0 fully saturated rings. The summed E-state index contributed by atoms with van der Waals surface area (Å²) in [6.07, 6.45) is 1.63. The van der Waals surface area contributed by atoms with Crippen molar-refractivity contribution < 1.29 is 9.32 Å². The van der Waals surface area contributed by atoms with Crippen LogP contribution in [0.15, 0.2) is 51.7 Å². The lowest BCUT2D eigenvalue weighted by Crippen LogP contribution is -2.25. The zero-order chi connectivity index (χ0) is 15.9. The maximum Gasteiger partial charge on any atom is 0.227 e. The molecule has 3 aromatic rings. The van der Waals surface area contributed by atoms with Crippen LogP contribution in [0.3, 0.4) is 0 Å². The number of rotatable bonds is 7. The van der Waals surface area contributed by atoms with Gasteiger partial charge in [0.25, 0.3) is 0 Å². The van der Waals surface area contributed by atoms with Gasteiger partial charge in [0, 0.05) is 30.3 Å². The fraction of sp³-hybridized carbons (Fsp3) is 0.235. The highest BCUT2D eigenvalue weighted by atomic mass is 32.1. The average molecular weight is 327 g/mol. The van der Waals surface area contributed by atoms with E-state index in [-0.39, 0.29) is 5.91 Å². The lowest BCUT2D eigenvalue weighted by molar-refractivity contribution is -0.121. The number of nitrogens with zero attached hydrogens (tertiary/aromatic N) is 2. The molecule has 118 valence electrons. The summed E-state index contributed by atoms with van der Waals surface area (Å²) >= 11 is 1.58. The van der Waals surface area contributed by atoms with Gasteiger partial charge in [0.1, 0.15) is 0 Å². The minimum atomic E-state index is -0.00351. The third-order valence-corrected chi connectivity index (χ3v) is 4.08. The van der Waals surface area contributed by atoms with E-state index in [0.29, 0.717) is 31.1 Å². The molecule has 0 spiro atoms. The molecule has 0 aliphatic carbocycles. The van der Waals surface area contributed by atoms with Gasteiger partial charge < -0.3 is 9.84 Å². The fourth-order valence-corrected chi connectivity index (χ4v) is 2.80. The normalized spacial score (nSPS) is 10.6. The Labute approximate surface area is 138 Å². The minimum Gasteiger partial charge on any atom is -0.356 e. The number of hydrogen-bond acceptors (Lipinski definition) is 5. The van der Waals surface area contributed by atoms with E-state index in [0.717, 1.165) is 12.0 Å². The molecule has 5 nitrogen and oxygen atoms in total. The van der Waals surface area contributed by atoms with E-state index >= 15 is 0 Å². The molecule has 2 heterocycles. The number of thiophene rings is 1. The molecule has 0 saturated carbocycles. The molecule has 0 aliphatic rings. The van der Waals surface area contributed by atoms with Crippen LogP contribution < -0.4 is 5.32 Å². The number of amides is 1. The Morgan fingerprint density at radius 1 is 1.17 bits per heavy atom. The summed E-state index contributed by atoms with van der Waals surface area (Å²) in [6, 6.07) is 12.0. The van der Waals surface area contributed by atoms with Crippen molar-refractivity contribution in [2.45, 2.75) is 19.3 Å². The number of carbonyl (C=O) groups excluding carboxylic acids is 1. The van der Waals surface area contributed by atoms with Crippen LogP contribution in [0, 0.1) is 0 Å². The topological polar surface area (TPSA) is 68.0 Å². The van der Waals surface area contributed by atoms with Crippen LogP contribution >= 0.6 is 11.3 Å². The minimum absolute atomic E-state index is 0.00351. The van der Waals surface area contributed by atoms with E-state index in [1.54, 1.807) is 11.3 Å². The number of aryl methyl sites for hydroxylation is 1.